The lowest BCUT2D eigenvalue weighted by Crippen LogP contribution is -2.75. The molecule has 0 N–H and O–H groups in total. The Morgan fingerprint density at radius 2 is 1.68 bits per heavy atom. The normalized spacial score (nSPS) is 37.7. The molecule has 0 aliphatic carbocycles. The lowest BCUT2D eigenvalue weighted by atomic mass is 9.82. The van der Waals surface area contributed by atoms with Crippen molar-refractivity contribution in [3.63, 3.8) is 0 Å². The summed E-state index contributed by atoms with van der Waals surface area (Å²) in [5.41, 5.74) is 4.41. The second-order valence-corrected chi connectivity index (χ2v) is 31.1. The quantitative estimate of drug-likeness (QED) is 0.117. The molecule has 4 aliphatic rings. The maximum atomic E-state index is 7.67. The van der Waals surface area contributed by atoms with Crippen molar-refractivity contribution in [3.05, 3.63) is 36.0 Å². The van der Waals surface area contributed by atoms with Gasteiger partial charge in [0.25, 0.3) is 0 Å². The standard InChI is InChI=1S/C31H58O4SSi4/c1-14-27(8,30-19-22-39(30,23-20-30)35-29(10,16-3)38(12,13)18-5)34-40-24-21-31(40,25-40)26(6,7)33-37(11)28(9,15-2)32-36-17-4/h17-19,22,37H,4-5,14-16,20-21,23-25H2,1-3,6-13H3/t27-,28?,29?,30?,31?,37?,39?,40?/m1/s1. The number of hydrogen-bond acceptors (Lipinski definition) is 5. The molecule has 4 aliphatic heterocycles. The molecule has 0 aromatic rings. The van der Waals surface area contributed by atoms with Gasteiger partial charge in [0, 0.05) is 27.3 Å². The van der Waals surface area contributed by atoms with E-state index >= 15 is 0 Å². The van der Waals surface area contributed by atoms with Gasteiger partial charge >= 0.3 is 0 Å². The summed E-state index contributed by atoms with van der Waals surface area (Å²) in [5, 5.41) is 1.79. The van der Waals surface area contributed by atoms with Crippen LogP contribution in [0.2, 0.25) is 47.8 Å². The Morgan fingerprint density at radius 1 is 1.00 bits per heavy atom. The predicted molar refractivity (Wildman–Crippen MR) is 183 cm³/mol. The van der Waals surface area contributed by atoms with Gasteiger partial charge in [0.1, 0.15) is 8.07 Å². The van der Waals surface area contributed by atoms with Crippen molar-refractivity contribution in [1.82, 2.24) is 0 Å². The van der Waals surface area contributed by atoms with E-state index in [1.807, 2.05) is 0 Å². The molecule has 40 heavy (non-hydrogen) atoms. The van der Waals surface area contributed by atoms with Crippen LogP contribution in [0, 0.1) is 0 Å². The van der Waals surface area contributed by atoms with E-state index in [1.165, 1.54) is 43.0 Å². The molecule has 0 bridgehead atoms. The van der Waals surface area contributed by atoms with Gasteiger partial charge in [0.15, 0.2) is 0 Å². The molecule has 4 nitrogen and oxygen atoms in total. The number of fused-ring (bicyclic) bond motifs is 2. The summed E-state index contributed by atoms with van der Waals surface area (Å²) in [4.78, 5) is 0. The minimum atomic E-state index is -2.07. The molecule has 7 unspecified atom stereocenters. The first kappa shape index (κ1) is 33.2. The zero-order valence-electron chi connectivity index (χ0n) is 27.5. The summed E-state index contributed by atoms with van der Waals surface area (Å²) >= 11 is 1.35. The highest BCUT2D eigenvalue weighted by Crippen LogP contribution is 2.84. The maximum Gasteiger partial charge on any atom is 0.229 e. The average molecular weight is 639 g/mol. The molecule has 9 heteroatoms. The highest BCUT2D eigenvalue weighted by atomic mass is 32.2. The minimum Gasteiger partial charge on any atom is -0.412 e. The highest BCUT2D eigenvalue weighted by Gasteiger charge is 2.86. The molecule has 3 fully saturated rings. The summed E-state index contributed by atoms with van der Waals surface area (Å²) in [6, 6.07) is 3.75. The van der Waals surface area contributed by atoms with Crippen LogP contribution in [-0.4, -0.2) is 55.4 Å². The molecule has 8 atom stereocenters. The lowest BCUT2D eigenvalue weighted by Gasteiger charge is -2.70. The van der Waals surface area contributed by atoms with E-state index in [-0.39, 0.29) is 31.7 Å². The Morgan fingerprint density at radius 3 is 2.08 bits per heavy atom. The Bertz CT molecular complexity index is 1050. The predicted octanol–water partition coefficient (Wildman–Crippen LogP) is 9.30. The molecular weight excluding hydrogens is 581 g/mol. The Hall–Kier alpha value is 0.278. The summed E-state index contributed by atoms with van der Waals surface area (Å²) in [5.74, 6) is 0. The summed E-state index contributed by atoms with van der Waals surface area (Å²) in [7, 11) is -7.40. The average Bonchev–Trinajstić information content (AvgIpc) is 3.39. The van der Waals surface area contributed by atoms with Crippen molar-refractivity contribution in [3.8, 4) is 0 Å². The van der Waals surface area contributed by atoms with E-state index in [4.69, 9.17) is 17.5 Å². The van der Waals surface area contributed by atoms with Crippen molar-refractivity contribution < 1.29 is 17.5 Å². The van der Waals surface area contributed by atoms with Crippen molar-refractivity contribution >= 4 is 45.8 Å². The van der Waals surface area contributed by atoms with Crippen molar-refractivity contribution in [1.29, 1.82) is 0 Å². The fourth-order valence-corrected chi connectivity index (χ4v) is 25.7. The lowest BCUT2D eigenvalue weighted by molar-refractivity contribution is -0.0126. The molecule has 0 aromatic heterocycles. The molecule has 0 amide bonds. The molecule has 0 radical (unpaired) electrons. The van der Waals surface area contributed by atoms with Crippen LogP contribution in [0.25, 0.3) is 0 Å². The van der Waals surface area contributed by atoms with Gasteiger partial charge in [0.05, 0.1) is 16.4 Å². The smallest absolute Gasteiger partial charge is 0.229 e. The van der Waals surface area contributed by atoms with Gasteiger partial charge in [0.2, 0.25) is 25.7 Å². The van der Waals surface area contributed by atoms with Crippen LogP contribution >= 0.6 is 12.0 Å². The molecule has 0 aromatic carbocycles. The Balaban J connectivity index is 1.55. The molecule has 4 rings (SSSR count). The fourth-order valence-electron chi connectivity index (χ4n) is 8.34. The first-order valence-corrected chi connectivity index (χ1v) is 26.4. The van der Waals surface area contributed by atoms with Crippen LogP contribution in [0.3, 0.4) is 0 Å². The van der Waals surface area contributed by atoms with Gasteiger partial charge in [-0.25, -0.2) is 0 Å². The van der Waals surface area contributed by atoms with Gasteiger partial charge in [-0.05, 0) is 96.8 Å². The second kappa shape index (κ2) is 10.4. The Kier molecular flexibility index (Phi) is 8.65. The van der Waals surface area contributed by atoms with Gasteiger partial charge in [-0.3, -0.25) is 0 Å². The molecular formula is C31H58O4SSi4. The monoisotopic (exact) mass is 638 g/mol. The summed E-state index contributed by atoms with van der Waals surface area (Å²) in [6.07, 6.45) is 8.01. The van der Waals surface area contributed by atoms with Crippen molar-refractivity contribution in [2.24, 2.45) is 0 Å². The maximum absolute atomic E-state index is 7.67. The molecule has 3 saturated heterocycles. The Labute approximate surface area is 255 Å². The van der Waals surface area contributed by atoms with E-state index in [0.717, 1.165) is 19.3 Å². The van der Waals surface area contributed by atoms with Crippen molar-refractivity contribution in [2.75, 3.05) is 0 Å². The number of hydrogen-bond donors (Lipinski definition) is 0. The van der Waals surface area contributed by atoms with Gasteiger partial charge in [-0.1, -0.05) is 57.9 Å². The molecule has 4 heterocycles. The fraction of sp³-hybridized carbons (Fsp3) is 0.806. The zero-order valence-corrected chi connectivity index (χ0v) is 32.5. The first-order chi connectivity index (χ1) is 18.4. The largest absolute Gasteiger partial charge is 0.412 e. The van der Waals surface area contributed by atoms with Gasteiger partial charge in [-0.15, -0.1) is 6.58 Å². The van der Waals surface area contributed by atoms with E-state index in [2.05, 4.69) is 106 Å². The van der Waals surface area contributed by atoms with Crippen LogP contribution in [0.15, 0.2) is 36.0 Å². The van der Waals surface area contributed by atoms with Crippen LogP contribution in [0.1, 0.15) is 87.5 Å². The van der Waals surface area contributed by atoms with Crippen LogP contribution < -0.4 is 0 Å². The number of rotatable bonds is 17. The molecule has 0 spiro atoms. The second-order valence-electron chi connectivity index (χ2n) is 15.0. The molecule has 0 saturated carbocycles. The van der Waals surface area contributed by atoms with Crippen LogP contribution in [0.4, 0.5) is 0 Å². The summed E-state index contributed by atoms with van der Waals surface area (Å²) in [6.45, 7) is 33.8. The SMILES string of the molecule is C=CSOC(C)(CC)[SiH](C)OC(C)(C)C12CC[Si]1(O[C@](C)(CC)C13C=C[Si]1(OC(C)(CC)[Si](C)(C)C=C)CC3)C2. The zero-order chi connectivity index (χ0) is 30.1. The summed E-state index contributed by atoms with van der Waals surface area (Å²) < 4.78 is 28.4. The van der Waals surface area contributed by atoms with Crippen LogP contribution in [0.5, 0.6) is 0 Å². The molecule has 228 valence electrons. The van der Waals surface area contributed by atoms with E-state index in [9.17, 15) is 0 Å². The van der Waals surface area contributed by atoms with Gasteiger partial charge < -0.3 is 17.5 Å². The third-order valence-electron chi connectivity index (χ3n) is 13.1. The third kappa shape index (κ3) is 4.37. The minimum absolute atomic E-state index is 0.0872. The van der Waals surface area contributed by atoms with Crippen LogP contribution in [-0.2, 0) is 17.5 Å². The third-order valence-corrected chi connectivity index (χ3v) is 31.8. The van der Waals surface area contributed by atoms with E-state index < -0.39 is 33.7 Å². The van der Waals surface area contributed by atoms with Crippen molar-refractivity contribution in [2.45, 2.75) is 157 Å². The highest BCUT2D eigenvalue weighted by molar-refractivity contribution is 7.97. The topological polar surface area (TPSA) is 36.9 Å². The van der Waals surface area contributed by atoms with E-state index in [1.54, 1.807) is 5.41 Å². The van der Waals surface area contributed by atoms with E-state index in [0.29, 0.717) is 0 Å². The van der Waals surface area contributed by atoms with Gasteiger partial charge in [-0.2, -0.15) is 0 Å². The first-order valence-electron chi connectivity index (χ1n) is 15.8.